The molecular weight excluding hydrogens is 383 g/mol. The first kappa shape index (κ1) is 17.6. The molecule has 3 aromatic carbocycles. The molecule has 0 atom stereocenters. The summed E-state index contributed by atoms with van der Waals surface area (Å²) in [6.07, 6.45) is 1.74. The lowest BCUT2D eigenvalue weighted by atomic mass is 10.2. The van der Waals surface area contributed by atoms with Gasteiger partial charge < -0.3 is 9.15 Å². The van der Waals surface area contributed by atoms with E-state index in [1.54, 1.807) is 19.4 Å². The highest BCUT2D eigenvalue weighted by Gasteiger charge is 2.09. The zero-order chi connectivity index (χ0) is 18.8. The summed E-state index contributed by atoms with van der Waals surface area (Å²) in [6.45, 7) is 0. The summed E-state index contributed by atoms with van der Waals surface area (Å²) >= 11 is 12.2. The number of rotatable bonds is 4. The normalized spacial score (nSPS) is 11.4. The third-order valence-corrected chi connectivity index (χ3v) is 4.51. The smallest absolute Gasteiger partial charge is 0.227 e. The summed E-state index contributed by atoms with van der Waals surface area (Å²) in [4.78, 5) is 9.03. The van der Waals surface area contributed by atoms with Gasteiger partial charge in [-0.15, -0.1) is 0 Å². The highest BCUT2D eigenvalue weighted by atomic mass is 35.5. The highest BCUT2D eigenvalue weighted by molar-refractivity contribution is 6.32. The van der Waals surface area contributed by atoms with Crippen molar-refractivity contribution in [3.63, 3.8) is 0 Å². The molecule has 0 saturated heterocycles. The van der Waals surface area contributed by atoms with Gasteiger partial charge in [0.2, 0.25) is 5.89 Å². The minimum Gasteiger partial charge on any atom is -0.495 e. The number of benzene rings is 3. The number of ether oxygens (including phenoxy) is 1. The fraction of sp³-hybridized carbons (Fsp3) is 0.0476. The maximum Gasteiger partial charge on any atom is 0.227 e. The van der Waals surface area contributed by atoms with E-state index < -0.39 is 0 Å². The molecule has 4 aromatic rings. The average molecular weight is 397 g/mol. The number of hydrogen-bond acceptors (Lipinski definition) is 4. The van der Waals surface area contributed by atoms with E-state index in [-0.39, 0.29) is 0 Å². The molecule has 0 aliphatic carbocycles. The molecule has 0 aliphatic heterocycles. The van der Waals surface area contributed by atoms with Crippen molar-refractivity contribution in [1.29, 1.82) is 0 Å². The minimum absolute atomic E-state index is 0.524. The number of aliphatic imine (C=N–C) groups is 1. The van der Waals surface area contributed by atoms with E-state index in [0.717, 1.165) is 22.3 Å². The fourth-order valence-electron chi connectivity index (χ4n) is 2.65. The Hall–Kier alpha value is -2.82. The number of aromatic nitrogens is 1. The van der Waals surface area contributed by atoms with Crippen LogP contribution in [0.3, 0.4) is 0 Å². The van der Waals surface area contributed by atoms with E-state index in [0.29, 0.717) is 27.3 Å². The summed E-state index contributed by atoms with van der Waals surface area (Å²) in [6, 6.07) is 18.5. The van der Waals surface area contributed by atoms with Crippen LogP contribution in [0.5, 0.6) is 5.75 Å². The van der Waals surface area contributed by atoms with Gasteiger partial charge in [0.15, 0.2) is 5.58 Å². The van der Waals surface area contributed by atoms with Gasteiger partial charge in [-0.3, -0.25) is 4.99 Å². The molecule has 0 N–H and O–H groups in total. The Kier molecular flexibility index (Phi) is 4.84. The van der Waals surface area contributed by atoms with Crippen LogP contribution in [0.2, 0.25) is 10.0 Å². The Labute approximate surface area is 166 Å². The third kappa shape index (κ3) is 3.82. The van der Waals surface area contributed by atoms with E-state index in [4.69, 9.17) is 32.4 Å². The van der Waals surface area contributed by atoms with Crippen molar-refractivity contribution in [2.24, 2.45) is 4.99 Å². The van der Waals surface area contributed by atoms with Crippen LogP contribution in [0.25, 0.3) is 22.6 Å². The fourth-order valence-corrected chi connectivity index (χ4v) is 3.11. The Morgan fingerprint density at radius 1 is 1.04 bits per heavy atom. The second kappa shape index (κ2) is 7.43. The summed E-state index contributed by atoms with van der Waals surface area (Å²) in [5.41, 5.74) is 3.89. The van der Waals surface area contributed by atoms with Gasteiger partial charge in [0.25, 0.3) is 0 Å². The molecule has 4 nitrogen and oxygen atoms in total. The van der Waals surface area contributed by atoms with E-state index in [2.05, 4.69) is 9.98 Å². The van der Waals surface area contributed by atoms with Crippen LogP contribution < -0.4 is 4.74 Å². The van der Waals surface area contributed by atoms with Gasteiger partial charge in [-0.1, -0.05) is 29.3 Å². The molecule has 4 rings (SSSR count). The van der Waals surface area contributed by atoms with Crippen LogP contribution in [0.15, 0.2) is 70.1 Å². The van der Waals surface area contributed by atoms with Crippen molar-refractivity contribution < 1.29 is 9.15 Å². The van der Waals surface area contributed by atoms with E-state index in [1.807, 2.05) is 54.6 Å². The zero-order valence-corrected chi connectivity index (χ0v) is 15.8. The van der Waals surface area contributed by atoms with E-state index in [1.165, 1.54) is 0 Å². The Morgan fingerprint density at radius 3 is 2.70 bits per heavy atom. The highest BCUT2D eigenvalue weighted by Crippen LogP contribution is 2.29. The average Bonchev–Trinajstić information content (AvgIpc) is 3.10. The lowest BCUT2D eigenvalue weighted by molar-refractivity contribution is 0.415. The summed E-state index contributed by atoms with van der Waals surface area (Å²) in [7, 11) is 1.58. The molecule has 1 heterocycles. The number of hydrogen-bond donors (Lipinski definition) is 0. The number of methoxy groups -OCH3 is 1. The second-order valence-electron chi connectivity index (χ2n) is 5.83. The van der Waals surface area contributed by atoms with Gasteiger partial charge in [0, 0.05) is 16.8 Å². The number of halogens is 2. The lowest BCUT2D eigenvalue weighted by Crippen LogP contribution is -1.86. The predicted molar refractivity (Wildman–Crippen MR) is 110 cm³/mol. The van der Waals surface area contributed by atoms with Gasteiger partial charge in [0.1, 0.15) is 11.3 Å². The molecule has 0 radical (unpaired) electrons. The Balaban J connectivity index is 1.62. The van der Waals surface area contributed by atoms with Crippen LogP contribution in [-0.4, -0.2) is 18.3 Å². The zero-order valence-electron chi connectivity index (χ0n) is 14.3. The number of oxazole rings is 1. The van der Waals surface area contributed by atoms with Crippen LogP contribution in [0.4, 0.5) is 5.69 Å². The first-order chi connectivity index (χ1) is 13.1. The van der Waals surface area contributed by atoms with Crippen molar-refractivity contribution >= 4 is 46.2 Å². The van der Waals surface area contributed by atoms with Crippen LogP contribution in [-0.2, 0) is 0 Å². The van der Waals surface area contributed by atoms with Gasteiger partial charge in [-0.2, -0.15) is 0 Å². The first-order valence-electron chi connectivity index (χ1n) is 8.16. The number of nitrogens with zero attached hydrogens (tertiary/aromatic N) is 2. The molecule has 6 heteroatoms. The second-order valence-corrected chi connectivity index (χ2v) is 6.68. The predicted octanol–water partition coefficient (Wildman–Crippen LogP) is 6.56. The lowest BCUT2D eigenvalue weighted by Gasteiger charge is -2.02. The molecule has 1 aromatic heterocycles. The minimum atomic E-state index is 0.524. The number of fused-ring (bicyclic) bond motifs is 1. The van der Waals surface area contributed by atoms with E-state index in [9.17, 15) is 0 Å². The summed E-state index contributed by atoms with van der Waals surface area (Å²) < 4.78 is 11.0. The Bertz CT molecular complexity index is 1150. The third-order valence-electron chi connectivity index (χ3n) is 3.98. The summed E-state index contributed by atoms with van der Waals surface area (Å²) in [5.74, 6) is 1.15. The molecule has 0 spiro atoms. The molecule has 0 fully saturated rings. The largest absolute Gasteiger partial charge is 0.495 e. The molecule has 0 saturated carbocycles. The SMILES string of the molecule is COc1ccc(C=Nc2ccc3oc(-c4cccc(Cl)c4)nc3c2)cc1Cl. The van der Waals surface area contributed by atoms with Crippen molar-refractivity contribution in [3.8, 4) is 17.2 Å². The molecule has 0 aliphatic rings. The van der Waals surface area contributed by atoms with Gasteiger partial charge in [-0.25, -0.2) is 4.98 Å². The van der Waals surface area contributed by atoms with Crippen molar-refractivity contribution in [1.82, 2.24) is 4.98 Å². The Morgan fingerprint density at radius 2 is 1.93 bits per heavy atom. The summed E-state index contributed by atoms with van der Waals surface area (Å²) in [5, 5.41) is 1.18. The monoisotopic (exact) mass is 396 g/mol. The van der Waals surface area contributed by atoms with Crippen molar-refractivity contribution in [2.75, 3.05) is 7.11 Å². The first-order valence-corrected chi connectivity index (χ1v) is 8.92. The van der Waals surface area contributed by atoms with Gasteiger partial charge >= 0.3 is 0 Å². The van der Waals surface area contributed by atoms with Crippen molar-refractivity contribution in [3.05, 3.63) is 76.3 Å². The van der Waals surface area contributed by atoms with Crippen LogP contribution >= 0.6 is 23.2 Å². The molecule has 0 bridgehead atoms. The van der Waals surface area contributed by atoms with Crippen LogP contribution in [0.1, 0.15) is 5.56 Å². The standard InChI is InChI=1S/C21H14Cl2N2O2/c1-26-19-7-5-13(9-17(19)23)12-24-16-6-8-20-18(11-16)25-21(27-20)14-3-2-4-15(22)10-14/h2-12H,1H3. The van der Waals surface area contributed by atoms with Crippen LogP contribution in [0, 0.1) is 0 Å². The maximum atomic E-state index is 6.14. The molecular formula is C21H14Cl2N2O2. The quantitative estimate of drug-likeness (QED) is 0.367. The molecule has 0 unspecified atom stereocenters. The molecule has 27 heavy (non-hydrogen) atoms. The van der Waals surface area contributed by atoms with Crippen molar-refractivity contribution in [2.45, 2.75) is 0 Å². The van der Waals surface area contributed by atoms with Gasteiger partial charge in [0.05, 0.1) is 17.8 Å². The van der Waals surface area contributed by atoms with E-state index >= 15 is 0 Å². The van der Waals surface area contributed by atoms with Gasteiger partial charge in [-0.05, 0) is 60.2 Å². The maximum absolute atomic E-state index is 6.14. The molecule has 134 valence electrons. The molecule has 0 amide bonds. The topological polar surface area (TPSA) is 47.6 Å².